The number of rotatable bonds is 8. The van der Waals surface area contributed by atoms with Crippen molar-refractivity contribution in [3.05, 3.63) is 28.8 Å². The van der Waals surface area contributed by atoms with Gasteiger partial charge in [0.25, 0.3) is 0 Å². The molecule has 1 aromatic rings. The zero-order valence-corrected chi connectivity index (χ0v) is 19.3. The summed E-state index contributed by atoms with van der Waals surface area (Å²) in [5, 5.41) is 13.3. The Morgan fingerprint density at radius 1 is 0.933 bits per heavy atom. The molecule has 0 fully saturated rings. The summed E-state index contributed by atoms with van der Waals surface area (Å²) in [6.45, 7) is 15.1. The normalized spacial score (nSPS) is 12.3. The second-order valence-electron chi connectivity index (χ2n) is 9.32. The maximum Gasteiger partial charge on any atom is 0.344 e. The van der Waals surface area contributed by atoms with Crippen molar-refractivity contribution in [2.24, 2.45) is 0 Å². The summed E-state index contributed by atoms with van der Waals surface area (Å²) < 4.78 is 10.2. The summed E-state index contributed by atoms with van der Waals surface area (Å²) in [6.07, 6.45) is 0.124. The number of phenols is 1. The van der Waals surface area contributed by atoms with Crippen LogP contribution in [0.2, 0.25) is 0 Å². The number of esters is 2. The van der Waals surface area contributed by atoms with E-state index in [-0.39, 0.29) is 25.4 Å². The molecule has 0 aromatic heterocycles. The number of aromatic hydroxyl groups is 1. The van der Waals surface area contributed by atoms with Crippen LogP contribution < -0.4 is 5.32 Å². The van der Waals surface area contributed by atoms with Gasteiger partial charge >= 0.3 is 11.9 Å². The Labute approximate surface area is 179 Å². The van der Waals surface area contributed by atoms with Crippen LogP contribution in [0.3, 0.4) is 0 Å². The number of phenolic OH excluding ortho intramolecular Hbond substituents is 1. The van der Waals surface area contributed by atoms with Crippen molar-refractivity contribution in [2.45, 2.75) is 78.2 Å². The van der Waals surface area contributed by atoms with Crippen LogP contribution in [0.4, 0.5) is 0 Å². The van der Waals surface area contributed by atoms with Crippen LogP contribution in [0.5, 0.6) is 5.75 Å². The van der Waals surface area contributed by atoms with Crippen molar-refractivity contribution in [1.29, 1.82) is 0 Å². The Morgan fingerprint density at radius 2 is 1.33 bits per heavy atom. The van der Waals surface area contributed by atoms with Gasteiger partial charge in [-0.1, -0.05) is 53.7 Å². The molecule has 0 aliphatic heterocycles. The van der Waals surface area contributed by atoms with Crippen molar-refractivity contribution in [3.8, 4) is 5.75 Å². The fourth-order valence-corrected chi connectivity index (χ4v) is 3.25. The molecule has 7 nitrogen and oxygen atoms in total. The maximum atomic E-state index is 12.8. The van der Waals surface area contributed by atoms with Crippen molar-refractivity contribution < 1.29 is 29.0 Å². The highest BCUT2D eigenvalue weighted by atomic mass is 16.6. The fraction of sp³-hybridized carbons (Fsp3) is 0.609. The van der Waals surface area contributed by atoms with Gasteiger partial charge in [0.2, 0.25) is 11.9 Å². The van der Waals surface area contributed by atoms with E-state index < -0.39 is 28.3 Å². The van der Waals surface area contributed by atoms with Gasteiger partial charge in [0.15, 0.2) is 0 Å². The Kier molecular flexibility index (Phi) is 8.06. The lowest BCUT2D eigenvalue weighted by Gasteiger charge is -2.31. The van der Waals surface area contributed by atoms with Gasteiger partial charge in [0.1, 0.15) is 5.75 Å². The van der Waals surface area contributed by atoms with E-state index >= 15 is 0 Å². The largest absolute Gasteiger partial charge is 0.507 e. The van der Waals surface area contributed by atoms with Gasteiger partial charge in [0.05, 0.1) is 13.2 Å². The molecule has 0 saturated carbocycles. The standard InChI is InChI=1S/C23H35NO6/c1-9-29-19(27)23(24-14-25,20(28)30-10-2)13-15-11-16(21(3,4)5)18(26)17(12-15)22(6,7)8/h11-12,14,26H,9-10,13H2,1-8H3,(H,24,25). The lowest BCUT2D eigenvalue weighted by Crippen LogP contribution is -2.60. The number of carbonyl (C=O) groups excluding carboxylic acids is 3. The number of amides is 1. The number of ether oxygens (including phenoxy) is 2. The molecule has 0 atom stereocenters. The SMILES string of the molecule is CCOC(=O)C(Cc1cc(C(C)(C)C)c(O)c(C(C)(C)C)c1)(NC=O)C(=O)OCC. The average Bonchev–Trinajstić information content (AvgIpc) is 2.60. The molecular weight excluding hydrogens is 386 g/mol. The molecule has 0 aliphatic rings. The lowest BCUT2D eigenvalue weighted by molar-refractivity contribution is -0.167. The molecule has 1 amide bonds. The van der Waals surface area contributed by atoms with Crippen LogP contribution in [0.1, 0.15) is 72.1 Å². The van der Waals surface area contributed by atoms with Crippen LogP contribution in [-0.4, -0.2) is 42.2 Å². The number of benzene rings is 1. The minimum atomic E-state index is -2.02. The highest BCUT2D eigenvalue weighted by Gasteiger charge is 2.49. The lowest BCUT2D eigenvalue weighted by atomic mass is 9.77. The zero-order chi connectivity index (χ0) is 23.3. The molecule has 0 radical (unpaired) electrons. The van der Waals surface area contributed by atoms with Gasteiger partial charge in [-0.15, -0.1) is 0 Å². The van der Waals surface area contributed by atoms with Crippen molar-refractivity contribution in [2.75, 3.05) is 13.2 Å². The van der Waals surface area contributed by atoms with Crippen LogP contribution in [0.15, 0.2) is 12.1 Å². The van der Waals surface area contributed by atoms with Crippen molar-refractivity contribution >= 4 is 18.3 Å². The molecule has 0 bridgehead atoms. The van der Waals surface area contributed by atoms with Gasteiger partial charge < -0.3 is 19.9 Å². The summed E-state index contributed by atoms with van der Waals surface area (Å²) in [5.74, 6) is -1.60. The number of nitrogens with one attached hydrogen (secondary N) is 1. The topological polar surface area (TPSA) is 102 Å². The van der Waals surface area contributed by atoms with E-state index in [1.54, 1.807) is 26.0 Å². The Bertz CT molecular complexity index is 733. The summed E-state index contributed by atoms with van der Waals surface area (Å²) in [7, 11) is 0. The summed E-state index contributed by atoms with van der Waals surface area (Å²) >= 11 is 0. The van der Waals surface area contributed by atoms with Crippen molar-refractivity contribution in [3.63, 3.8) is 0 Å². The molecule has 30 heavy (non-hydrogen) atoms. The monoisotopic (exact) mass is 421 g/mol. The molecule has 1 rings (SSSR count). The summed E-state index contributed by atoms with van der Waals surface area (Å²) in [4.78, 5) is 37.0. The van der Waals surface area contributed by atoms with E-state index in [0.717, 1.165) is 0 Å². The third kappa shape index (κ3) is 5.52. The number of hydrogen-bond acceptors (Lipinski definition) is 6. The summed E-state index contributed by atoms with van der Waals surface area (Å²) in [5.41, 5.74) is -0.855. The first-order chi connectivity index (χ1) is 13.7. The Balaban J connectivity index is 3.74. The smallest absolute Gasteiger partial charge is 0.344 e. The van der Waals surface area contributed by atoms with Gasteiger partial charge in [-0.2, -0.15) is 0 Å². The third-order valence-electron chi connectivity index (χ3n) is 4.81. The molecular formula is C23H35NO6. The Hall–Kier alpha value is -2.57. The van der Waals surface area contributed by atoms with Gasteiger partial charge in [0, 0.05) is 6.42 Å². The second-order valence-corrected chi connectivity index (χ2v) is 9.32. The van der Waals surface area contributed by atoms with Crippen LogP contribution in [-0.2, 0) is 41.1 Å². The predicted octanol–water partition coefficient (Wildman–Crippen LogP) is 3.14. The van der Waals surface area contributed by atoms with E-state index in [9.17, 15) is 19.5 Å². The molecule has 0 aliphatic carbocycles. The average molecular weight is 422 g/mol. The molecule has 0 saturated heterocycles. The quantitative estimate of drug-likeness (QED) is 0.380. The summed E-state index contributed by atoms with van der Waals surface area (Å²) in [6, 6.07) is 3.51. The Morgan fingerprint density at radius 3 is 1.63 bits per heavy atom. The molecule has 1 aromatic carbocycles. The van der Waals surface area contributed by atoms with Crippen LogP contribution in [0, 0.1) is 0 Å². The van der Waals surface area contributed by atoms with E-state index in [4.69, 9.17) is 9.47 Å². The molecule has 168 valence electrons. The highest BCUT2D eigenvalue weighted by Crippen LogP contribution is 2.40. The van der Waals surface area contributed by atoms with E-state index in [0.29, 0.717) is 23.1 Å². The van der Waals surface area contributed by atoms with Gasteiger partial charge in [-0.05, 0) is 41.4 Å². The number of carbonyl (C=O) groups is 3. The molecule has 0 heterocycles. The van der Waals surface area contributed by atoms with Gasteiger partial charge in [-0.25, -0.2) is 9.59 Å². The van der Waals surface area contributed by atoms with E-state index in [2.05, 4.69) is 5.32 Å². The fourth-order valence-electron chi connectivity index (χ4n) is 3.25. The first kappa shape index (κ1) is 25.5. The predicted molar refractivity (Wildman–Crippen MR) is 114 cm³/mol. The van der Waals surface area contributed by atoms with E-state index in [1.807, 2.05) is 41.5 Å². The van der Waals surface area contributed by atoms with Crippen LogP contribution >= 0.6 is 0 Å². The van der Waals surface area contributed by atoms with Gasteiger partial charge in [-0.3, -0.25) is 4.79 Å². The molecule has 7 heteroatoms. The van der Waals surface area contributed by atoms with E-state index in [1.165, 1.54) is 0 Å². The molecule has 2 N–H and O–H groups in total. The zero-order valence-electron chi connectivity index (χ0n) is 19.3. The number of hydrogen-bond donors (Lipinski definition) is 2. The highest BCUT2D eigenvalue weighted by molar-refractivity contribution is 6.06. The molecule has 0 spiro atoms. The van der Waals surface area contributed by atoms with Crippen molar-refractivity contribution in [1.82, 2.24) is 5.32 Å². The minimum absolute atomic E-state index is 0.0383. The second kappa shape index (κ2) is 9.49. The third-order valence-corrected chi connectivity index (χ3v) is 4.81. The first-order valence-corrected chi connectivity index (χ1v) is 10.2. The first-order valence-electron chi connectivity index (χ1n) is 10.2. The maximum absolute atomic E-state index is 12.8. The van der Waals surface area contributed by atoms with Crippen LogP contribution in [0.25, 0.3) is 0 Å². The molecule has 0 unspecified atom stereocenters. The minimum Gasteiger partial charge on any atom is -0.507 e.